The van der Waals surface area contributed by atoms with Crippen molar-refractivity contribution >= 4 is 5.95 Å². The van der Waals surface area contributed by atoms with E-state index in [9.17, 15) is 13.9 Å². The van der Waals surface area contributed by atoms with Crippen LogP contribution in [0.25, 0.3) is 11.3 Å². The number of rotatable bonds is 5. The van der Waals surface area contributed by atoms with Crippen LogP contribution in [0.1, 0.15) is 25.1 Å². The van der Waals surface area contributed by atoms with Gasteiger partial charge in [0, 0.05) is 11.8 Å². The summed E-state index contributed by atoms with van der Waals surface area (Å²) >= 11 is 0. The van der Waals surface area contributed by atoms with Crippen molar-refractivity contribution in [3.05, 3.63) is 65.6 Å². The summed E-state index contributed by atoms with van der Waals surface area (Å²) in [5, 5.41) is 20.1. The molecule has 0 aliphatic heterocycles. The van der Waals surface area contributed by atoms with Gasteiger partial charge in [-0.15, -0.1) is 10.2 Å². The fourth-order valence-corrected chi connectivity index (χ4v) is 2.51. The standard InChI is InChI=1S/C18H17F2N5O/c1-18(2,16-14(20)4-3-7-21-16)23-17-22-9-15(24-25-17)12-8-11(10-26)5-6-13(12)19/h3-9,26H,10H2,1-2H3,(H,22,23,25). The Morgan fingerprint density at radius 3 is 2.54 bits per heavy atom. The van der Waals surface area contributed by atoms with Crippen LogP contribution in [0.2, 0.25) is 0 Å². The van der Waals surface area contributed by atoms with E-state index >= 15 is 0 Å². The maximum atomic E-state index is 14.0. The van der Waals surface area contributed by atoms with Crippen LogP contribution in [0.5, 0.6) is 0 Å². The van der Waals surface area contributed by atoms with Gasteiger partial charge >= 0.3 is 0 Å². The van der Waals surface area contributed by atoms with Crippen molar-refractivity contribution in [2.24, 2.45) is 0 Å². The maximum Gasteiger partial charge on any atom is 0.243 e. The van der Waals surface area contributed by atoms with Gasteiger partial charge in [-0.3, -0.25) is 4.98 Å². The number of aliphatic hydroxyl groups excluding tert-OH is 1. The molecule has 0 aliphatic rings. The first-order chi connectivity index (χ1) is 12.4. The van der Waals surface area contributed by atoms with Crippen molar-refractivity contribution in [3.63, 3.8) is 0 Å². The average molecular weight is 357 g/mol. The summed E-state index contributed by atoms with van der Waals surface area (Å²) in [6, 6.07) is 7.06. The van der Waals surface area contributed by atoms with E-state index in [1.54, 1.807) is 13.8 Å². The number of benzene rings is 1. The fraction of sp³-hybridized carbons (Fsp3) is 0.222. The van der Waals surface area contributed by atoms with Gasteiger partial charge in [0.15, 0.2) is 0 Å². The lowest BCUT2D eigenvalue weighted by Gasteiger charge is -2.25. The van der Waals surface area contributed by atoms with Crippen LogP contribution in [0.4, 0.5) is 14.7 Å². The molecule has 0 fully saturated rings. The number of hydrogen-bond acceptors (Lipinski definition) is 6. The third-order valence-corrected chi connectivity index (χ3v) is 3.83. The molecule has 6 nitrogen and oxygen atoms in total. The Balaban J connectivity index is 1.85. The molecule has 2 heterocycles. The summed E-state index contributed by atoms with van der Waals surface area (Å²) in [6.45, 7) is 3.26. The van der Waals surface area contributed by atoms with Gasteiger partial charge in [-0.1, -0.05) is 6.07 Å². The Kier molecular flexibility index (Phi) is 4.85. The number of hydrogen-bond donors (Lipinski definition) is 2. The predicted molar refractivity (Wildman–Crippen MR) is 92.0 cm³/mol. The monoisotopic (exact) mass is 357 g/mol. The Morgan fingerprint density at radius 1 is 1.08 bits per heavy atom. The highest BCUT2D eigenvalue weighted by atomic mass is 19.1. The minimum atomic E-state index is -0.878. The topological polar surface area (TPSA) is 83.8 Å². The van der Waals surface area contributed by atoms with Crippen molar-refractivity contribution < 1.29 is 13.9 Å². The van der Waals surface area contributed by atoms with E-state index in [0.29, 0.717) is 5.56 Å². The van der Waals surface area contributed by atoms with Gasteiger partial charge in [-0.2, -0.15) is 0 Å². The van der Waals surface area contributed by atoms with E-state index in [2.05, 4.69) is 25.5 Å². The molecule has 0 aliphatic carbocycles. The molecule has 3 aromatic rings. The Hall–Kier alpha value is -3.00. The third-order valence-electron chi connectivity index (χ3n) is 3.83. The van der Waals surface area contributed by atoms with Gasteiger partial charge in [-0.25, -0.2) is 13.8 Å². The third kappa shape index (κ3) is 3.65. The molecule has 0 radical (unpaired) electrons. The molecular weight excluding hydrogens is 340 g/mol. The minimum Gasteiger partial charge on any atom is -0.392 e. The molecule has 1 aromatic carbocycles. The number of pyridine rings is 1. The Labute approximate surface area is 149 Å². The zero-order valence-electron chi connectivity index (χ0n) is 14.2. The Bertz CT molecular complexity index is 916. The smallest absolute Gasteiger partial charge is 0.243 e. The quantitative estimate of drug-likeness (QED) is 0.730. The maximum absolute atomic E-state index is 14.0. The van der Waals surface area contributed by atoms with Gasteiger partial charge in [0.2, 0.25) is 5.95 Å². The van der Waals surface area contributed by atoms with Gasteiger partial charge in [-0.05, 0) is 43.7 Å². The highest BCUT2D eigenvalue weighted by Crippen LogP contribution is 2.25. The first-order valence-corrected chi connectivity index (χ1v) is 7.89. The highest BCUT2D eigenvalue weighted by molar-refractivity contribution is 5.60. The van der Waals surface area contributed by atoms with Crippen LogP contribution in [0.15, 0.2) is 42.7 Å². The van der Waals surface area contributed by atoms with Crippen molar-refractivity contribution in [3.8, 4) is 11.3 Å². The lowest BCUT2D eigenvalue weighted by molar-refractivity contribution is 0.282. The van der Waals surface area contributed by atoms with Crippen LogP contribution >= 0.6 is 0 Å². The van der Waals surface area contributed by atoms with Crippen molar-refractivity contribution in [2.75, 3.05) is 5.32 Å². The first kappa shape index (κ1) is 17.8. The lowest BCUT2D eigenvalue weighted by atomic mass is 9.99. The zero-order valence-corrected chi connectivity index (χ0v) is 14.2. The number of aromatic nitrogens is 4. The molecule has 0 amide bonds. The molecule has 0 unspecified atom stereocenters. The van der Waals surface area contributed by atoms with Crippen LogP contribution in [0.3, 0.4) is 0 Å². The molecule has 0 saturated carbocycles. The largest absolute Gasteiger partial charge is 0.392 e. The van der Waals surface area contributed by atoms with E-state index in [-0.39, 0.29) is 29.5 Å². The number of anilines is 1. The molecule has 0 atom stereocenters. The molecule has 0 saturated heterocycles. The molecule has 26 heavy (non-hydrogen) atoms. The summed E-state index contributed by atoms with van der Waals surface area (Å²) in [4.78, 5) is 8.18. The SMILES string of the molecule is CC(C)(Nc1ncc(-c2cc(CO)ccc2F)nn1)c1ncccc1F. The van der Waals surface area contributed by atoms with E-state index in [1.165, 1.54) is 42.7 Å². The molecule has 3 rings (SSSR count). The number of nitrogens with zero attached hydrogens (tertiary/aromatic N) is 4. The van der Waals surface area contributed by atoms with E-state index < -0.39 is 17.2 Å². The summed E-state index contributed by atoms with van der Waals surface area (Å²) < 4.78 is 28.0. The molecule has 0 bridgehead atoms. The molecule has 2 aromatic heterocycles. The summed E-state index contributed by atoms with van der Waals surface area (Å²) in [5.41, 5.74) is 0.311. The van der Waals surface area contributed by atoms with E-state index in [0.717, 1.165) is 0 Å². The molecule has 2 N–H and O–H groups in total. The summed E-state index contributed by atoms with van der Waals surface area (Å²) in [5.74, 6) is -0.783. The molecule has 8 heteroatoms. The number of nitrogens with one attached hydrogen (secondary N) is 1. The normalized spacial score (nSPS) is 11.4. The fourth-order valence-electron chi connectivity index (χ4n) is 2.51. The second kappa shape index (κ2) is 7.09. The van der Waals surface area contributed by atoms with E-state index in [1.807, 2.05) is 0 Å². The van der Waals surface area contributed by atoms with Gasteiger partial charge in [0.05, 0.1) is 18.3 Å². The second-order valence-electron chi connectivity index (χ2n) is 6.22. The van der Waals surface area contributed by atoms with Crippen LogP contribution in [-0.2, 0) is 12.1 Å². The summed E-state index contributed by atoms with van der Waals surface area (Å²) in [6.07, 6.45) is 2.86. The van der Waals surface area contributed by atoms with Crippen molar-refractivity contribution in [1.82, 2.24) is 20.2 Å². The van der Waals surface area contributed by atoms with Gasteiger partial charge in [0.1, 0.15) is 23.0 Å². The summed E-state index contributed by atoms with van der Waals surface area (Å²) in [7, 11) is 0. The van der Waals surface area contributed by atoms with Crippen LogP contribution in [-0.4, -0.2) is 25.3 Å². The minimum absolute atomic E-state index is 0.155. The first-order valence-electron chi connectivity index (χ1n) is 7.89. The Morgan fingerprint density at radius 2 is 1.88 bits per heavy atom. The zero-order chi connectivity index (χ0) is 18.7. The second-order valence-corrected chi connectivity index (χ2v) is 6.22. The predicted octanol–water partition coefficient (Wildman–Crippen LogP) is 3.05. The van der Waals surface area contributed by atoms with Gasteiger partial charge in [0.25, 0.3) is 0 Å². The number of halogens is 2. The molecule has 134 valence electrons. The molecular formula is C18H17F2N5O. The van der Waals surface area contributed by atoms with Gasteiger partial charge < -0.3 is 10.4 Å². The molecule has 0 spiro atoms. The highest BCUT2D eigenvalue weighted by Gasteiger charge is 2.26. The van der Waals surface area contributed by atoms with E-state index in [4.69, 9.17) is 0 Å². The lowest BCUT2D eigenvalue weighted by Crippen LogP contribution is -2.31. The van der Waals surface area contributed by atoms with Crippen LogP contribution < -0.4 is 5.32 Å². The number of aliphatic hydroxyl groups is 1. The van der Waals surface area contributed by atoms with Crippen LogP contribution in [0, 0.1) is 11.6 Å². The average Bonchev–Trinajstić information content (AvgIpc) is 2.63. The van der Waals surface area contributed by atoms with Crippen molar-refractivity contribution in [2.45, 2.75) is 26.0 Å². The van der Waals surface area contributed by atoms with Crippen molar-refractivity contribution in [1.29, 1.82) is 0 Å².